The minimum atomic E-state index is -0.208. The first-order valence-corrected chi connectivity index (χ1v) is 35.8. The minimum Gasteiger partial charge on any atom is -0.257 e. The summed E-state index contributed by atoms with van der Waals surface area (Å²) >= 11 is 0. The van der Waals surface area contributed by atoms with Gasteiger partial charge in [-0.3, -0.25) is 15.0 Å². The molecule has 6 aromatic carbocycles. The lowest BCUT2D eigenvalue weighted by molar-refractivity contribution is -0.660. The fourth-order valence-corrected chi connectivity index (χ4v) is 18.1. The topological polar surface area (TPSA) is 50.3 Å². The summed E-state index contributed by atoms with van der Waals surface area (Å²) in [6.07, 6.45) is 21.3. The molecule has 0 N–H and O–H groups in total. The van der Waals surface area contributed by atoms with Gasteiger partial charge < -0.3 is 0 Å². The number of benzene rings is 6. The molecule has 98 heavy (non-hydrogen) atoms. The molecule has 6 heterocycles. The van der Waals surface area contributed by atoms with Crippen LogP contribution in [-0.4, -0.2) is 15.0 Å². The lowest BCUT2D eigenvalue weighted by atomic mass is 9.78. The predicted octanol–water partition coefficient (Wildman–Crippen LogP) is 20.5. The third-order valence-corrected chi connectivity index (χ3v) is 23.3. The Morgan fingerprint density at radius 3 is 0.929 bits per heavy atom. The van der Waals surface area contributed by atoms with Crippen LogP contribution in [0.2, 0.25) is 0 Å². The van der Waals surface area contributed by atoms with Crippen molar-refractivity contribution in [2.75, 3.05) is 0 Å². The Balaban J connectivity index is 0.000000115. The smallest absolute Gasteiger partial charge is 0.213 e. The third-order valence-electron chi connectivity index (χ3n) is 23.3. The van der Waals surface area contributed by atoms with Gasteiger partial charge in [0.25, 0.3) is 0 Å². The summed E-state index contributed by atoms with van der Waals surface area (Å²) in [4.78, 5) is 15.3. The largest absolute Gasteiger partial charge is 0.257 e. The molecule has 0 aliphatic heterocycles. The molecule has 7 heteroatoms. The molecular weight excluding hydrogens is 1200 g/mol. The zero-order valence-electron chi connectivity index (χ0n) is 58.7. The fraction of sp³-hybridized carbons (Fsp3) is 0.275. The van der Waals surface area contributed by atoms with Crippen molar-refractivity contribution in [2.24, 2.45) is 21.1 Å². The molecule has 486 valence electrons. The van der Waals surface area contributed by atoms with Gasteiger partial charge in [-0.2, -0.15) is 0 Å². The molecule has 0 bridgehead atoms. The molecule has 0 atom stereocenters. The quantitative estimate of drug-likeness (QED) is 0.156. The number of aromatic nitrogens is 6. The van der Waals surface area contributed by atoms with Crippen molar-refractivity contribution in [3.8, 4) is 101 Å². The molecule has 6 aromatic heterocycles. The van der Waals surface area contributed by atoms with Gasteiger partial charge in [0.2, 0.25) is 17.1 Å². The molecule has 6 nitrogen and oxygen atoms in total. The van der Waals surface area contributed by atoms with Gasteiger partial charge in [-0.05, 0) is 219 Å². The molecule has 6 aliphatic rings. The highest BCUT2D eigenvalue weighted by Crippen LogP contribution is 2.60. The molecule has 3 saturated carbocycles. The second-order valence-corrected chi connectivity index (χ2v) is 29.5. The maximum Gasteiger partial charge on any atom is 0.213 e. The van der Waals surface area contributed by atoms with Crippen molar-refractivity contribution in [3.05, 3.63) is 286 Å². The Morgan fingerprint density at radius 2 is 0.602 bits per heavy atom. The number of hydrogen-bond donors (Lipinski definition) is 0. The van der Waals surface area contributed by atoms with Crippen LogP contribution in [0.15, 0.2) is 207 Å². The Morgan fingerprint density at radius 1 is 0.296 bits per heavy atom. The molecule has 3 spiro atoms. The van der Waals surface area contributed by atoms with Gasteiger partial charge in [0.15, 0.2) is 18.6 Å². The highest BCUT2D eigenvalue weighted by atomic mass is 19.1. The van der Waals surface area contributed by atoms with E-state index in [9.17, 15) is 4.39 Å². The normalized spacial score (nSPS) is 15.7. The van der Waals surface area contributed by atoms with Crippen molar-refractivity contribution >= 4 is 0 Å². The van der Waals surface area contributed by atoms with E-state index in [0.717, 1.165) is 28.2 Å². The van der Waals surface area contributed by atoms with Crippen LogP contribution in [0.3, 0.4) is 0 Å². The average molecular weight is 1280 g/mol. The van der Waals surface area contributed by atoms with Crippen LogP contribution in [0.1, 0.15) is 150 Å². The molecule has 0 unspecified atom stereocenters. The van der Waals surface area contributed by atoms with Crippen LogP contribution in [0.5, 0.6) is 0 Å². The standard InChI is InChI=1S/C31H31N2.C30H28FN2.C30H29N2/c1-20-7-10-23(11-8-20)24-13-16-33(4)29(18-24)26-19-28-27(17-21(26)2)25-12-9-22(3)32-30(25)31(28)14-5-6-15-31;1-19-16-26-24-11-6-20(2)32-29(24)30(13-4-5-14-30)27(26)18-25(19)28-17-22(12-15-33(28)3)21-7-9-23(31)10-8-21;1-20-17-26-24-12-11-21(2)31-29(24)30(14-7-8-15-30)27(26)19-25(20)28-18-23(13-16-32(28)3)22-9-5-4-6-10-22/h7-13,16-19H,5-6,14-15H2,1-4H3;6-12,15-18H,4-5,13-14H2,1-3H3;4-6,9-13,16-19H,7-8,14-15H2,1-3H3/q3*+1. The highest BCUT2D eigenvalue weighted by Gasteiger charge is 2.50. The van der Waals surface area contributed by atoms with Gasteiger partial charge in [-0.15, -0.1) is 0 Å². The first kappa shape index (κ1) is 62.9. The Hall–Kier alpha value is -9.85. The Bertz CT molecular complexity index is 4940. The van der Waals surface area contributed by atoms with Crippen LogP contribution in [0.4, 0.5) is 4.39 Å². The van der Waals surface area contributed by atoms with Crippen molar-refractivity contribution < 1.29 is 18.1 Å². The van der Waals surface area contributed by atoms with Crippen LogP contribution in [-0.2, 0) is 37.4 Å². The SMILES string of the molecule is Cc1ccc(-c2cc[n+](C)c(-c3cc4c(cc3C)-c3ccc(C)nc3C43CCCC3)c2)cc1.Cc1ccc2c(n1)C1(CCCC1)c1cc(-c3cc(-c4ccc(F)cc4)cc[n+]3C)c(C)cc1-2.Cc1ccc2c(n1)C1(CCCC1)c1cc(-c3cc(-c4ccccc4)cc[n+]3C)c(C)cc1-2. The molecular formula is C91H88FN6+3. The first-order chi connectivity index (χ1) is 47.5. The van der Waals surface area contributed by atoms with Crippen LogP contribution < -0.4 is 13.7 Å². The summed E-state index contributed by atoms with van der Waals surface area (Å²) in [7, 11) is 6.41. The summed E-state index contributed by atoms with van der Waals surface area (Å²) in [6, 6.07) is 67.7. The van der Waals surface area contributed by atoms with Gasteiger partial charge in [0, 0.05) is 103 Å². The predicted molar refractivity (Wildman–Crippen MR) is 396 cm³/mol. The molecule has 12 aromatic rings. The van der Waals surface area contributed by atoms with E-state index in [1.807, 2.05) is 12.1 Å². The number of fused-ring (bicyclic) bond motifs is 15. The molecule has 0 amide bonds. The first-order valence-electron chi connectivity index (χ1n) is 35.8. The molecule has 18 rings (SSSR count). The second-order valence-electron chi connectivity index (χ2n) is 29.5. The number of nitrogens with zero attached hydrogens (tertiary/aromatic N) is 6. The van der Waals surface area contributed by atoms with Crippen molar-refractivity contribution in [1.29, 1.82) is 0 Å². The third kappa shape index (κ3) is 10.6. The van der Waals surface area contributed by atoms with E-state index in [0.29, 0.717) is 0 Å². The van der Waals surface area contributed by atoms with E-state index in [1.54, 1.807) is 0 Å². The van der Waals surface area contributed by atoms with E-state index >= 15 is 0 Å². The maximum absolute atomic E-state index is 13.5. The van der Waals surface area contributed by atoms with E-state index < -0.39 is 0 Å². The Labute approximate surface area is 578 Å². The van der Waals surface area contributed by atoms with Crippen molar-refractivity contribution in [1.82, 2.24) is 15.0 Å². The summed E-state index contributed by atoms with van der Waals surface area (Å²) in [6.45, 7) is 15.2. The molecule has 6 aliphatic carbocycles. The van der Waals surface area contributed by atoms with Crippen molar-refractivity contribution in [2.45, 2.75) is 142 Å². The summed E-state index contributed by atoms with van der Waals surface area (Å²) in [5.74, 6) is -0.208. The van der Waals surface area contributed by atoms with E-state index in [4.69, 9.17) is 15.0 Å². The van der Waals surface area contributed by atoms with Gasteiger partial charge in [0.1, 0.15) is 27.0 Å². The summed E-state index contributed by atoms with van der Waals surface area (Å²) in [5.41, 5.74) is 40.1. The van der Waals surface area contributed by atoms with Crippen LogP contribution in [0.25, 0.3) is 101 Å². The minimum absolute atomic E-state index is 0.0479. The van der Waals surface area contributed by atoms with Crippen LogP contribution in [0, 0.1) is 54.3 Å². The maximum atomic E-state index is 13.5. The van der Waals surface area contributed by atoms with Gasteiger partial charge in [0.05, 0.1) is 17.1 Å². The highest BCUT2D eigenvalue weighted by molar-refractivity contribution is 5.88. The van der Waals surface area contributed by atoms with Crippen LogP contribution >= 0.6 is 0 Å². The molecule has 3 fully saturated rings. The van der Waals surface area contributed by atoms with E-state index in [2.05, 4.69) is 266 Å². The lowest BCUT2D eigenvalue weighted by Gasteiger charge is -2.26. The van der Waals surface area contributed by atoms with E-state index in [-0.39, 0.29) is 22.1 Å². The van der Waals surface area contributed by atoms with Gasteiger partial charge >= 0.3 is 0 Å². The zero-order valence-corrected chi connectivity index (χ0v) is 58.7. The zero-order chi connectivity index (χ0) is 67.4. The average Bonchev–Trinajstić information content (AvgIpc) is 1.57. The van der Waals surface area contributed by atoms with Gasteiger partial charge in [-0.1, -0.05) is 147 Å². The lowest BCUT2D eigenvalue weighted by Crippen LogP contribution is -2.30. The number of halogens is 1. The number of pyridine rings is 6. The number of rotatable bonds is 6. The Kier molecular flexibility index (Phi) is 15.8. The second kappa shape index (κ2) is 24.6. The molecule has 0 radical (unpaired) electrons. The summed E-state index contributed by atoms with van der Waals surface area (Å²) in [5, 5.41) is 0. The van der Waals surface area contributed by atoms with Crippen molar-refractivity contribution in [3.63, 3.8) is 0 Å². The number of aryl methyl sites for hydroxylation is 10. The monoisotopic (exact) mass is 1280 g/mol. The van der Waals surface area contributed by atoms with Gasteiger partial charge in [-0.25, -0.2) is 18.1 Å². The molecule has 0 saturated heterocycles. The summed E-state index contributed by atoms with van der Waals surface area (Å²) < 4.78 is 20.2. The van der Waals surface area contributed by atoms with E-state index in [1.165, 1.54) is 235 Å². The fourth-order valence-electron chi connectivity index (χ4n) is 18.1. The number of hydrogen-bond acceptors (Lipinski definition) is 3.